The van der Waals surface area contributed by atoms with Crippen molar-refractivity contribution in [2.75, 3.05) is 37.0 Å². The molecule has 2 N–H and O–H groups in total. The summed E-state index contributed by atoms with van der Waals surface area (Å²) in [7, 11) is 1.56. The van der Waals surface area contributed by atoms with E-state index in [0.29, 0.717) is 23.4 Å². The minimum atomic E-state index is -0.696. The van der Waals surface area contributed by atoms with Crippen LogP contribution >= 0.6 is 11.8 Å². The minimum absolute atomic E-state index is 0.105. The molecule has 0 aliphatic carbocycles. The Hall–Kier alpha value is -3.00. The molecule has 8 heteroatoms. The van der Waals surface area contributed by atoms with E-state index in [1.54, 1.807) is 43.5 Å². The zero-order valence-electron chi connectivity index (χ0n) is 19.3. The van der Waals surface area contributed by atoms with Crippen molar-refractivity contribution in [2.24, 2.45) is 5.92 Å². The van der Waals surface area contributed by atoms with E-state index in [1.165, 1.54) is 0 Å². The number of hydrogen-bond acceptors (Lipinski definition) is 5. The first-order chi connectivity index (χ1) is 15.9. The first kappa shape index (κ1) is 24.6. The molecule has 0 aromatic heterocycles. The van der Waals surface area contributed by atoms with Crippen molar-refractivity contribution in [3.8, 4) is 5.75 Å². The highest BCUT2D eigenvalue weighted by Crippen LogP contribution is 2.16. The molecule has 0 bridgehead atoms. The van der Waals surface area contributed by atoms with Crippen molar-refractivity contribution in [3.63, 3.8) is 0 Å². The molecular formula is C25H31N3O4S. The number of rotatable bonds is 8. The van der Waals surface area contributed by atoms with Gasteiger partial charge in [-0.25, -0.2) is 0 Å². The number of benzene rings is 2. The van der Waals surface area contributed by atoms with Gasteiger partial charge in [-0.2, -0.15) is 11.8 Å². The molecule has 2 aromatic carbocycles. The third kappa shape index (κ3) is 6.99. The molecule has 1 heterocycles. The van der Waals surface area contributed by atoms with Gasteiger partial charge in [-0.15, -0.1) is 0 Å². The fraction of sp³-hybridized carbons (Fsp3) is 0.400. The van der Waals surface area contributed by atoms with Crippen LogP contribution in [0.4, 0.5) is 5.69 Å². The smallest absolute Gasteiger partial charge is 0.251 e. The first-order valence-electron chi connectivity index (χ1n) is 11.1. The molecular weight excluding hydrogens is 438 g/mol. The Morgan fingerprint density at radius 3 is 2.21 bits per heavy atom. The van der Waals surface area contributed by atoms with Gasteiger partial charge in [-0.3, -0.25) is 14.4 Å². The Morgan fingerprint density at radius 2 is 1.64 bits per heavy atom. The number of methoxy groups -OCH3 is 1. The SMILES string of the molecule is COc1ccc(C(=O)NC(C(=O)Nc2ccc(CC(=O)N3CCSCC3)cc2)C(C)C)cc1. The average molecular weight is 470 g/mol. The van der Waals surface area contributed by atoms with Gasteiger partial charge >= 0.3 is 0 Å². The highest BCUT2D eigenvalue weighted by Gasteiger charge is 2.25. The molecule has 1 fully saturated rings. The summed E-state index contributed by atoms with van der Waals surface area (Å²) >= 11 is 1.87. The van der Waals surface area contributed by atoms with Crippen LogP contribution in [0.1, 0.15) is 29.8 Å². The fourth-order valence-corrected chi connectivity index (χ4v) is 4.43. The molecule has 0 saturated carbocycles. The first-order valence-corrected chi connectivity index (χ1v) is 12.2. The molecule has 1 aliphatic heterocycles. The lowest BCUT2D eigenvalue weighted by molar-refractivity contribution is -0.130. The number of anilines is 1. The van der Waals surface area contributed by atoms with Crippen LogP contribution in [-0.2, 0) is 16.0 Å². The maximum absolute atomic E-state index is 12.9. The van der Waals surface area contributed by atoms with Crippen LogP contribution in [0.15, 0.2) is 48.5 Å². The van der Waals surface area contributed by atoms with E-state index < -0.39 is 6.04 Å². The van der Waals surface area contributed by atoms with Gasteiger partial charge in [-0.1, -0.05) is 26.0 Å². The molecule has 1 unspecified atom stereocenters. The van der Waals surface area contributed by atoms with Crippen molar-refractivity contribution in [2.45, 2.75) is 26.3 Å². The number of amides is 3. The Kier molecular flexibility index (Phi) is 8.77. The number of nitrogens with zero attached hydrogens (tertiary/aromatic N) is 1. The maximum Gasteiger partial charge on any atom is 0.251 e. The average Bonchev–Trinajstić information content (AvgIpc) is 2.83. The maximum atomic E-state index is 12.9. The van der Waals surface area contributed by atoms with Gasteiger partial charge in [0.05, 0.1) is 13.5 Å². The molecule has 7 nitrogen and oxygen atoms in total. The molecule has 0 radical (unpaired) electrons. The van der Waals surface area contributed by atoms with E-state index in [1.807, 2.05) is 42.6 Å². The molecule has 3 rings (SSSR count). The second-order valence-electron chi connectivity index (χ2n) is 8.28. The van der Waals surface area contributed by atoms with Crippen LogP contribution in [0.25, 0.3) is 0 Å². The second kappa shape index (κ2) is 11.7. The number of carbonyl (C=O) groups is 3. The number of ether oxygens (including phenoxy) is 1. The summed E-state index contributed by atoms with van der Waals surface area (Å²) in [5.41, 5.74) is 1.98. The largest absolute Gasteiger partial charge is 0.497 e. The van der Waals surface area contributed by atoms with Crippen LogP contribution in [0.2, 0.25) is 0 Å². The van der Waals surface area contributed by atoms with E-state index >= 15 is 0 Å². The molecule has 0 spiro atoms. The summed E-state index contributed by atoms with van der Waals surface area (Å²) in [6.07, 6.45) is 0.353. The number of hydrogen-bond donors (Lipinski definition) is 2. The third-order valence-corrected chi connectivity index (χ3v) is 6.47. The Balaban J connectivity index is 1.57. The molecule has 1 aliphatic rings. The second-order valence-corrected chi connectivity index (χ2v) is 9.50. The summed E-state index contributed by atoms with van der Waals surface area (Å²) < 4.78 is 5.12. The van der Waals surface area contributed by atoms with Gasteiger partial charge in [0.25, 0.3) is 5.91 Å². The Labute approximate surface area is 199 Å². The van der Waals surface area contributed by atoms with Gasteiger partial charge < -0.3 is 20.3 Å². The van der Waals surface area contributed by atoms with Gasteiger partial charge in [0.2, 0.25) is 11.8 Å². The summed E-state index contributed by atoms with van der Waals surface area (Å²) in [5, 5.41) is 5.69. The Morgan fingerprint density at radius 1 is 1.00 bits per heavy atom. The van der Waals surface area contributed by atoms with Crippen LogP contribution in [0.5, 0.6) is 5.75 Å². The Bertz CT molecular complexity index is 955. The summed E-state index contributed by atoms with van der Waals surface area (Å²) in [4.78, 5) is 39.9. The minimum Gasteiger partial charge on any atom is -0.497 e. The quantitative estimate of drug-likeness (QED) is 0.620. The lowest BCUT2D eigenvalue weighted by Crippen LogP contribution is -2.47. The van der Waals surface area contributed by atoms with Crippen molar-refractivity contribution in [3.05, 3.63) is 59.7 Å². The van der Waals surface area contributed by atoms with Crippen LogP contribution < -0.4 is 15.4 Å². The van der Waals surface area contributed by atoms with Crippen LogP contribution in [0.3, 0.4) is 0 Å². The van der Waals surface area contributed by atoms with E-state index in [-0.39, 0.29) is 23.6 Å². The van der Waals surface area contributed by atoms with Gasteiger partial charge in [-0.05, 0) is 47.9 Å². The number of carbonyl (C=O) groups excluding carboxylic acids is 3. The third-order valence-electron chi connectivity index (χ3n) is 5.53. The molecule has 1 saturated heterocycles. The summed E-state index contributed by atoms with van der Waals surface area (Å²) in [6, 6.07) is 13.3. The lowest BCUT2D eigenvalue weighted by Gasteiger charge is -2.26. The standard InChI is InChI=1S/C25H31N3O4S/c1-17(2)23(27-24(30)19-6-10-21(32-3)11-7-19)25(31)26-20-8-4-18(5-9-20)16-22(29)28-12-14-33-15-13-28/h4-11,17,23H,12-16H2,1-3H3,(H,26,31)(H,27,30). The normalized spacial score (nSPS) is 14.5. The molecule has 2 aromatic rings. The van der Waals surface area contributed by atoms with E-state index in [2.05, 4.69) is 10.6 Å². The molecule has 176 valence electrons. The highest BCUT2D eigenvalue weighted by atomic mass is 32.2. The highest BCUT2D eigenvalue weighted by molar-refractivity contribution is 7.99. The van der Waals surface area contributed by atoms with E-state index in [9.17, 15) is 14.4 Å². The van der Waals surface area contributed by atoms with Gasteiger partial charge in [0, 0.05) is 35.8 Å². The van der Waals surface area contributed by atoms with Crippen LogP contribution in [0, 0.1) is 5.92 Å². The van der Waals surface area contributed by atoms with Crippen molar-refractivity contribution in [1.82, 2.24) is 10.2 Å². The monoisotopic (exact) mass is 469 g/mol. The zero-order chi connectivity index (χ0) is 23.8. The van der Waals surface area contributed by atoms with E-state index in [0.717, 1.165) is 30.2 Å². The summed E-state index contributed by atoms with van der Waals surface area (Å²) in [5.74, 6) is 2.05. The number of nitrogens with one attached hydrogen (secondary N) is 2. The summed E-state index contributed by atoms with van der Waals surface area (Å²) in [6.45, 7) is 5.37. The zero-order valence-corrected chi connectivity index (χ0v) is 20.1. The van der Waals surface area contributed by atoms with Crippen molar-refractivity contribution < 1.29 is 19.1 Å². The topological polar surface area (TPSA) is 87.7 Å². The molecule has 33 heavy (non-hydrogen) atoms. The van der Waals surface area contributed by atoms with Crippen molar-refractivity contribution >= 4 is 35.2 Å². The predicted molar refractivity (Wildman–Crippen MR) is 132 cm³/mol. The van der Waals surface area contributed by atoms with Gasteiger partial charge in [0.15, 0.2) is 0 Å². The molecule has 3 amide bonds. The lowest BCUT2D eigenvalue weighted by atomic mass is 10.0. The fourth-order valence-electron chi connectivity index (χ4n) is 3.53. The van der Waals surface area contributed by atoms with Crippen molar-refractivity contribution in [1.29, 1.82) is 0 Å². The van der Waals surface area contributed by atoms with Crippen LogP contribution in [-0.4, -0.2) is 60.4 Å². The number of thioether (sulfide) groups is 1. The molecule has 1 atom stereocenters. The van der Waals surface area contributed by atoms with Gasteiger partial charge in [0.1, 0.15) is 11.8 Å². The van der Waals surface area contributed by atoms with E-state index in [4.69, 9.17) is 4.74 Å². The predicted octanol–water partition coefficient (Wildman–Crippen LogP) is 3.21.